The van der Waals surface area contributed by atoms with Crippen molar-refractivity contribution in [3.8, 4) is 6.07 Å². The molecule has 0 aliphatic carbocycles. The maximum Gasteiger partial charge on any atom is 0.419 e. The van der Waals surface area contributed by atoms with Crippen molar-refractivity contribution in [1.29, 1.82) is 5.26 Å². The number of nitrogens with one attached hydrogen (secondary N) is 1. The third-order valence-corrected chi connectivity index (χ3v) is 6.03. The standard InChI is InChI=1S/C22H17F4N5O/c1-11-14-5-13(7-27)17(31-9-19-18(31)10-32-19)6-15(14)21(30-29-11)28-8-12-3-2-4-16(20(12)23)22(24,25)26/h2-6,18-19H,8-10H2,1H3,(H,28,30)/t18?,19-/m0/s1. The minimum Gasteiger partial charge on any atom is -0.372 e. The topological polar surface area (TPSA) is 74.1 Å². The largest absolute Gasteiger partial charge is 0.419 e. The molecule has 1 N–H and O–H groups in total. The first-order valence-corrected chi connectivity index (χ1v) is 9.95. The van der Waals surface area contributed by atoms with Gasteiger partial charge in [0, 0.05) is 29.4 Å². The Bertz CT molecular complexity index is 1270. The number of anilines is 2. The fraction of sp³-hybridized carbons (Fsp3) is 0.318. The van der Waals surface area contributed by atoms with E-state index in [2.05, 4.69) is 26.5 Å². The summed E-state index contributed by atoms with van der Waals surface area (Å²) < 4.78 is 58.9. The lowest BCUT2D eigenvalue weighted by molar-refractivity contribution is -0.140. The Kier molecular flexibility index (Phi) is 4.67. The van der Waals surface area contributed by atoms with Crippen LogP contribution in [0.1, 0.15) is 22.4 Å². The maximum atomic E-state index is 14.4. The molecule has 164 valence electrons. The summed E-state index contributed by atoms with van der Waals surface area (Å²) in [4.78, 5) is 2.10. The van der Waals surface area contributed by atoms with E-state index in [0.29, 0.717) is 47.1 Å². The van der Waals surface area contributed by atoms with Crippen molar-refractivity contribution >= 4 is 22.3 Å². The number of aromatic nitrogens is 2. The Morgan fingerprint density at radius 2 is 2.06 bits per heavy atom. The molecule has 0 bridgehead atoms. The minimum atomic E-state index is -4.78. The molecule has 2 aliphatic heterocycles. The molecule has 0 saturated carbocycles. The predicted molar refractivity (Wildman–Crippen MR) is 109 cm³/mol. The molecule has 0 radical (unpaired) electrons. The molecule has 6 nitrogen and oxygen atoms in total. The van der Waals surface area contributed by atoms with Crippen LogP contribution < -0.4 is 10.2 Å². The molecule has 2 aliphatic rings. The van der Waals surface area contributed by atoms with Gasteiger partial charge in [-0.1, -0.05) is 12.1 Å². The van der Waals surface area contributed by atoms with Crippen molar-refractivity contribution in [2.75, 3.05) is 23.4 Å². The zero-order valence-electron chi connectivity index (χ0n) is 16.9. The molecule has 3 heterocycles. The molecule has 3 aromatic rings. The van der Waals surface area contributed by atoms with Crippen LogP contribution in [0.2, 0.25) is 0 Å². The highest BCUT2D eigenvalue weighted by Gasteiger charge is 2.48. The number of fused-ring (bicyclic) bond motifs is 2. The average Bonchev–Trinajstić information content (AvgIpc) is 2.74. The molecule has 2 fully saturated rings. The molecule has 0 amide bonds. The lowest BCUT2D eigenvalue weighted by Gasteiger charge is -2.56. The van der Waals surface area contributed by atoms with Crippen LogP contribution in [0.5, 0.6) is 0 Å². The number of alkyl halides is 3. The maximum absolute atomic E-state index is 14.4. The fourth-order valence-electron chi connectivity index (χ4n) is 4.14. The number of halogens is 4. The number of nitriles is 1. The first-order chi connectivity index (χ1) is 15.3. The molecule has 32 heavy (non-hydrogen) atoms. The second-order valence-electron chi connectivity index (χ2n) is 7.88. The summed E-state index contributed by atoms with van der Waals surface area (Å²) in [5, 5.41) is 22.1. The SMILES string of the molecule is Cc1nnc(NCc2cccc(C(F)(F)F)c2F)c2cc(N3C[C@@H]4OCC43)c(C#N)cc12. The van der Waals surface area contributed by atoms with E-state index in [4.69, 9.17) is 4.74 Å². The van der Waals surface area contributed by atoms with Gasteiger partial charge in [0.15, 0.2) is 5.82 Å². The van der Waals surface area contributed by atoms with Gasteiger partial charge in [-0.3, -0.25) is 0 Å². The lowest BCUT2D eigenvalue weighted by Crippen LogP contribution is -2.71. The fourth-order valence-corrected chi connectivity index (χ4v) is 4.14. The summed E-state index contributed by atoms with van der Waals surface area (Å²) in [6, 6.07) is 9.18. The molecule has 0 spiro atoms. The van der Waals surface area contributed by atoms with E-state index in [9.17, 15) is 22.8 Å². The minimum absolute atomic E-state index is 0.138. The lowest BCUT2D eigenvalue weighted by atomic mass is 9.92. The summed E-state index contributed by atoms with van der Waals surface area (Å²) >= 11 is 0. The first kappa shape index (κ1) is 20.5. The van der Waals surface area contributed by atoms with Gasteiger partial charge in [0.05, 0.1) is 41.3 Å². The highest BCUT2D eigenvalue weighted by Crippen LogP contribution is 2.40. The van der Waals surface area contributed by atoms with Crippen molar-refractivity contribution in [2.24, 2.45) is 0 Å². The van der Waals surface area contributed by atoms with E-state index >= 15 is 0 Å². The van der Waals surface area contributed by atoms with Crippen LogP contribution in [-0.4, -0.2) is 35.5 Å². The second kappa shape index (κ2) is 7.31. The summed E-state index contributed by atoms with van der Waals surface area (Å²) in [5.41, 5.74) is 0.389. The van der Waals surface area contributed by atoms with Crippen molar-refractivity contribution in [1.82, 2.24) is 10.2 Å². The second-order valence-corrected chi connectivity index (χ2v) is 7.88. The van der Waals surface area contributed by atoms with Gasteiger partial charge in [-0.25, -0.2) is 4.39 Å². The summed E-state index contributed by atoms with van der Waals surface area (Å²) in [7, 11) is 0. The molecular formula is C22H17F4N5O. The third-order valence-electron chi connectivity index (χ3n) is 6.03. The Hall–Kier alpha value is -3.45. The normalized spacial score (nSPS) is 19.7. The molecule has 1 unspecified atom stereocenters. The van der Waals surface area contributed by atoms with Crippen molar-refractivity contribution < 1.29 is 22.3 Å². The zero-order chi connectivity index (χ0) is 22.6. The predicted octanol–water partition coefficient (Wildman–Crippen LogP) is 4.17. The van der Waals surface area contributed by atoms with Gasteiger partial charge < -0.3 is 15.0 Å². The molecule has 5 rings (SSSR count). The van der Waals surface area contributed by atoms with Gasteiger partial charge >= 0.3 is 6.18 Å². The van der Waals surface area contributed by atoms with E-state index < -0.39 is 17.6 Å². The van der Waals surface area contributed by atoms with Crippen LogP contribution in [0.15, 0.2) is 30.3 Å². The Morgan fingerprint density at radius 1 is 1.25 bits per heavy atom. The summed E-state index contributed by atoms with van der Waals surface area (Å²) in [6.45, 7) is 2.83. The molecule has 2 aromatic carbocycles. The Labute approximate surface area is 180 Å². The third kappa shape index (κ3) is 3.20. The van der Waals surface area contributed by atoms with Crippen LogP contribution in [0.3, 0.4) is 0 Å². The number of rotatable bonds is 4. The number of aryl methyl sites for hydroxylation is 1. The highest BCUT2D eigenvalue weighted by molar-refractivity contribution is 5.97. The van der Waals surface area contributed by atoms with Crippen LogP contribution in [-0.2, 0) is 17.5 Å². The van der Waals surface area contributed by atoms with Gasteiger partial charge in [0.25, 0.3) is 0 Å². The number of ether oxygens (including phenoxy) is 1. The summed E-state index contributed by atoms with van der Waals surface area (Å²) in [5.74, 6) is -1.02. The molecule has 1 aromatic heterocycles. The van der Waals surface area contributed by atoms with E-state index in [1.54, 1.807) is 13.0 Å². The number of benzene rings is 2. The van der Waals surface area contributed by atoms with Crippen molar-refractivity contribution in [3.63, 3.8) is 0 Å². The number of hydrogen-bond donors (Lipinski definition) is 1. The van der Waals surface area contributed by atoms with Crippen LogP contribution in [0.4, 0.5) is 29.1 Å². The van der Waals surface area contributed by atoms with Crippen LogP contribution >= 0.6 is 0 Å². The van der Waals surface area contributed by atoms with E-state index in [0.717, 1.165) is 5.69 Å². The van der Waals surface area contributed by atoms with Gasteiger partial charge in [0.2, 0.25) is 0 Å². The van der Waals surface area contributed by atoms with Crippen molar-refractivity contribution in [3.05, 3.63) is 58.5 Å². The van der Waals surface area contributed by atoms with E-state index in [1.165, 1.54) is 12.1 Å². The van der Waals surface area contributed by atoms with E-state index in [-0.39, 0.29) is 24.3 Å². The Morgan fingerprint density at radius 3 is 2.69 bits per heavy atom. The van der Waals surface area contributed by atoms with E-state index in [1.807, 2.05) is 6.07 Å². The average molecular weight is 443 g/mol. The quantitative estimate of drug-likeness (QED) is 0.611. The molecule has 2 atom stereocenters. The van der Waals surface area contributed by atoms with Crippen LogP contribution in [0, 0.1) is 24.1 Å². The van der Waals surface area contributed by atoms with Gasteiger partial charge in [-0.05, 0) is 25.1 Å². The van der Waals surface area contributed by atoms with Crippen molar-refractivity contribution in [2.45, 2.75) is 31.8 Å². The Balaban J connectivity index is 1.51. The first-order valence-electron chi connectivity index (χ1n) is 9.95. The monoisotopic (exact) mass is 443 g/mol. The zero-order valence-corrected chi connectivity index (χ0v) is 16.9. The number of nitrogens with zero attached hydrogens (tertiary/aromatic N) is 4. The van der Waals surface area contributed by atoms with Crippen LogP contribution in [0.25, 0.3) is 10.8 Å². The smallest absolute Gasteiger partial charge is 0.372 e. The molecule has 10 heteroatoms. The number of morpholine rings is 1. The summed E-state index contributed by atoms with van der Waals surface area (Å²) in [6.07, 6.45) is -4.60. The molecular weight excluding hydrogens is 426 g/mol. The van der Waals surface area contributed by atoms with Gasteiger partial charge in [-0.2, -0.15) is 23.5 Å². The highest BCUT2D eigenvalue weighted by atomic mass is 19.4. The van der Waals surface area contributed by atoms with Gasteiger partial charge in [-0.15, -0.1) is 5.10 Å². The number of hydrogen-bond acceptors (Lipinski definition) is 6. The molecule has 2 saturated heterocycles. The van der Waals surface area contributed by atoms with Gasteiger partial charge in [0.1, 0.15) is 11.9 Å².